The van der Waals surface area contributed by atoms with Gasteiger partial charge in [0.1, 0.15) is 6.10 Å². The van der Waals surface area contributed by atoms with E-state index in [9.17, 15) is 0 Å². The zero-order valence-electron chi connectivity index (χ0n) is 5.67. The normalized spacial score (nSPS) is 30.0. The minimum Gasteiger partial charge on any atom is -0.365 e. The molecule has 0 aromatic heterocycles. The van der Waals surface area contributed by atoms with Crippen LogP contribution in [0.25, 0.3) is 0 Å². The lowest BCUT2D eigenvalue weighted by atomic mass is 10.4. The Morgan fingerprint density at radius 3 is 2.33 bits per heavy atom. The molecular weight excluding hydrogens is 140 g/mol. The third kappa shape index (κ3) is 1.79. The summed E-state index contributed by atoms with van der Waals surface area (Å²) < 4.78 is 5.24. The Labute approximate surface area is 59.9 Å². The molecule has 0 radical (unpaired) electrons. The Morgan fingerprint density at radius 2 is 2.22 bits per heavy atom. The largest absolute Gasteiger partial charge is 0.365 e. The summed E-state index contributed by atoms with van der Waals surface area (Å²) in [5.74, 6) is 5.65. The molecule has 2 N–H and O–H groups in total. The van der Waals surface area contributed by atoms with Crippen LogP contribution >= 0.6 is 11.6 Å². The van der Waals surface area contributed by atoms with E-state index in [0.29, 0.717) is 0 Å². The number of ether oxygens (including phenoxy) is 1. The standard InChI is InChI=1S/C5H12ClN2O/c1-8(2,7)5(6)4-3-9-4/h4-5H,3,7H2,1-2H3/q+1. The molecule has 0 aromatic rings. The van der Waals surface area contributed by atoms with Crippen LogP contribution in [-0.2, 0) is 4.74 Å². The van der Waals surface area contributed by atoms with Crippen LogP contribution in [0.3, 0.4) is 0 Å². The van der Waals surface area contributed by atoms with Gasteiger partial charge >= 0.3 is 0 Å². The van der Waals surface area contributed by atoms with E-state index in [-0.39, 0.29) is 16.2 Å². The Kier molecular flexibility index (Phi) is 1.69. The van der Waals surface area contributed by atoms with Crippen LogP contribution in [0.2, 0.25) is 0 Å². The lowest BCUT2D eigenvalue weighted by Gasteiger charge is -2.26. The highest BCUT2D eigenvalue weighted by molar-refractivity contribution is 6.20. The van der Waals surface area contributed by atoms with E-state index >= 15 is 0 Å². The van der Waals surface area contributed by atoms with Crippen molar-refractivity contribution in [1.82, 2.24) is 0 Å². The van der Waals surface area contributed by atoms with Gasteiger partial charge in [0.25, 0.3) is 0 Å². The van der Waals surface area contributed by atoms with E-state index in [1.54, 1.807) is 0 Å². The summed E-state index contributed by atoms with van der Waals surface area (Å²) in [6.07, 6.45) is 0.173. The van der Waals surface area contributed by atoms with Crippen molar-refractivity contribution in [3.8, 4) is 0 Å². The van der Waals surface area contributed by atoms with E-state index in [2.05, 4.69) is 0 Å². The van der Waals surface area contributed by atoms with Gasteiger partial charge in [0, 0.05) is 0 Å². The van der Waals surface area contributed by atoms with Gasteiger partial charge < -0.3 is 4.74 Å². The summed E-state index contributed by atoms with van der Waals surface area (Å²) >= 11 is 5.88. The number of nitrogens with two attached hydrogens (primary N) is 1. The average Bonchev–Trinajstić information content (AvgIpc) is 2.40. The fourth-order valence-electron chi connectivity index (χ4n) is 0.643. The first-order chi connectivity index (χ1) is 4.02. The number of hydrogen-bond acceptors (Lipinski definition) is 2. The highest BCUT2D eigenvalue weighted by Crippen LogP contribution is 2.22. The zero-order valence-corrected chi connectivity index (χ0v) is 6.43. The van der Waals surface area contributed by atoms with Crippen molar-refractivity contribution in [3.63, 3.8) is 0 Å². The molecule has 1 saturated heterocycles. The number of epoxide rings is 1. The van der Waals surface area contributed by atoms with Crippen LogP contribution in [0, 0.1) is 0 Å². The third-order valence-corrected chi connectivity index (χ3v) is 2.09. The molecule has 1 aliphatic rings. The quantitative estimate of drug-likeness (QED) is 0.150. The molecule has 0 aromatic carbocycles. The predicted molar refractivity (Wildman–Crippen MR) is 35.7 cm³/mol. The van der Waals surface area contributed by atoms with E-state index < -0.39 is 0 Å². The Morgan fingerprint density at radius 1 is 1.78 bits per heavy atom. The first-order valence-electron chi connectivity index (χ1n) is 2.90. The molecule has 0 saturated carbocycles. The van der Waals surface area contributed by atoms with Gasteiger partial charge in [-0.05, 0) is 0 Å². The molecular formula is C5H12ClN2O+. The van der Waals surface area contributed by atoms with Gasteiger partial charge in [0.15, 0.2) is 0 Å². The summed E-state index contributed by atoms with van der Waals surface area (Å²) in [5.41, 5.74) is -0.106. The molecule has 0 amide bonds. The Hall–Kier alpha value is 0.170. The molecule has 2 atom stereocenters. The second-order valence-electron chi connectivity index (χ2n) is 2.87. The number of hydrogen-bond donors (Lipinski definition) is 1. The number of halogens is 1. The summed E-state index contributed by atoms with van der Waals surface area (Å²) in [7, 11) is 3.69. The predicted octanol–water partition coefficient (Wildman–Crippen LogP) is -0.0998. The molecule has 4 heteroatoms. The average molecular weight is 152 g/mol. The van der Waals surface area contributed by atoms with E-state index in [1.165, 1.54) is 0 Å². The van der Waals surface area contributed by atoms with Crippen LogP contribution in [0.4, 0.5) is 0 Å². The second kappa shape index (κ2) is 2.09. The van der Waals surface area contributed by atoms with Crippen molar-refractivity contribution < 1.29 is 9.33 Å². The monoisotopic (exact) mass is 151 g/mol. The summed E-state index contributed by atoms with van der Waals surface area (Å²) in [4.78, 5) is 0. The summed E-state index contributed by atoms with van der Waals surface area (Å²) in [6, 6.07) is 0. The molecule has 54 valence electrons. The van der Waals surface area contributed by atoms with Crippen molar-refractivity contribution in [2.75, 3.05) is 20.7 Å². The molecule has 2 unspecified atom stereocenters. The lowest BCUT2D eigenvalue weighted by Crippen LogP contribution is -2.54. The van der Waals surface area contributed by atoms with E-state index in [1.807, 2.05) is 14.1 Å². The Bertz CT molecular complexity index is 108. The maximum absolute atomic E-state index is 5.88. The van der Waals surface area contributed by atoms with Crippen molar-refractivity contribution >= 4 is 11.6 Å². The molecule has 1 fully saturated rings. The van der Waals surface area contributed by atoms with Crippen molar-refractivity contribution in [2.24, 2.45) is 5.84 Å². The minimum absolute atomic E-state index is 0.106. The fraction of sp³-hybridized carbons (Fsp3) is 1.00. The van der Waals surface area contributed by atoms with Gasteiger partial charge in [-0.2, -0.15) is 5.84 Å². The minimum atomic E-state index is -0.106. The van der Waals surface area contributed by atoms with Gasteiger partial charge in [-0.25, -0.2) is 4.59 Å². The highest BCUT2D eigenvalue weighted by Gasteiger charge is 2.40. The van der Waals surface area contributed by atoms with Crippen molar-refractivity contribution in [1.29, 1.82) is 0 Å². The van der Waals surface area contributed by atoms with Gasteiger partial charge in [0.05, 0.1) is 20.7 Å². The highest BCUT2D eigenvalue weighted by atomic mass is 35.5. The molecule has 0 spiro atoms. The van der Waals surface area contributed by atoms with Crippen LogP contribution in [0.15, 0.2) is 0 Å². The van der Waals surface area contributed by atoms with Gasteiger partial charge in [-0.15, -0.1) is 0 Å². The second-order valence-corrected chi connectivity index (χ2v) is 3.32. The van der Waals surface area contributed by atoms with Gasteiger partial charge in [0.2, 0.25) is 5.50 Å². The molecule has 1 rings (SSSR count). The number of quaternary nitrogens is 1. The van der Waals surface area contributed by atoms with Gasteiger partial charge in [-0.1, -0.05) is 11.6 Å². The van der Waals surface area contributed by atoms with Crippen LogP contribution in [0.5, 0.6) is 0 Å². The van der Waals surface area contributed by atoms with Crippen molar-refractivity contribution in [2.45, 2.75) is 11.6 Å². The molecule has 1 aliphatic heterocycles. The number of nitrogens with zero attached hydrogens (tertiary/aromatic N) is 1. The topological polar surface area (TPSA) is 38.5 Å². The van der Waals surface area contributed by atoms with Crippen molar-refractivity contribution in [3.05, 3.63) is 0 Å². The number of alkyl halides is 1. The SMILES string of the molecule is C[N+](C)(N)C(Cl)C1CO1. The van der Waals surface area contributed by atoms with E-state index in [4.69, 9.17) is 22.2 Å². The number of rotatable bonds is 2. The smallest absolute Gasteiger partial charge is 0.210 e. The first-order valence-corrected chi connectivity index (χ1v) is 3.33. The fourth-order valence-corrected chi connectivity index (χ4v) is 0.788. The first kappa shape index (κ1) is 7.28. The molecule has 0 bridgehead atoms. The van der Waals surface area contributed by atoms with Crippen LogP contribution in [-0.4, -0.2) is 36.9 Å². The maximum atomic E-state index is 5.88. The summed E-state index contributed by atoms with van der Waals surface area (Å²) in [5, 5.41) is 0. The van der Waals surface area contributed by atoms with E-state index in [0.717, 1.165) is 6.61 Å². The molecule has 0 aliphatic carbocycles. The molecule has 3 nitrogen and oxygen atoms in total. The number of likely N-dealkylation sites (N-methyl/N-ethyl adjacent to an activating group) is 1. The molecule has 1 heterocycles. The summed E-state index contributed by atoms with van der Waals surface area (Å²) in [6.45, 7) is 0.757. The maximum Gasteiger partial charge on any atom is 0.210 e. The Balaban J connectivity index is 2.40. The zero-order chi connectivity index (χ0) is 7.07. The van der Waals surface area contributed by atoms with Gasteiger partial charge in [-0.3, -0.25) is 0 Å². The third-order valence-electron chi connectivity index (χ3n) is 1.30. The van der Waals surface area contributed by atoms with Crippen LogP contribution < -0.4 is 5.84 Å². The molecule has 9 heavy (non-hydrogen) atoms. The lowest BCUT2D eigenvalue weighted by molar-refractivity contribution is -0.914. The van der Waals surface area contributed by atoms with Crippen LogP contribution in [0.1, 0.15) is 0 Å².